The van der Waals surface area contributed by atoms with Gasteiger partial charge < -0.3 is 9.64 Å². The van der Waals surface area contributed by atoms with E-state index in [4.69, 9.17) is 9.84 Å². The zero-order valence-electron chi connectivity index (χ0n) is 16.6. The van der Waals surface area contributed by atoms with E-state index >= 15 is 0 Å². The van der Waals surface area contributed by atoms with E-state index < -0.39 is 5.82 Å². The summed E-state index contributed by atoms with van der Waals surface area (Å²) < 4.78 is 20.8. The lowest BCUT2D eigenvalue weighted by molar-refractivity contribution is 0.0743. The summed E-state index contributed by atoms with van der Waals surface area (Å²) in [4.78, 5) is 15.1. The van der Waals surface area contributed by atoms with Crippen molar-refractivity contribution in [1.82, 2.24) is 14.7 Å². The Morgan fingerprint density at radius 2 is 1.97 bits per heavy atom. The Bertz CT molecular complexity index is 1010. The number of rotatable bonds is 7. The number of carbonyl (C=O) groups excluding carboxylic acids is 1. The first-order valence-electron chi connectivity index (χ1n) is 9.87. The Kier molecular flexibility index (Phi) is 5.34. The molecule has 0 aliphatic heterocycles. The molecular formula is C23H24FN3O2. The van der Waals surface area contributed by atoms with Gasteiger partial charge in [-0.15, -0.1) is 0 Å². The van der Waals surface area contributed by atoms with Gasteiger partial charge in [-0.25, -0.2) is 9.07 Å². The van der Waals surface area contributed by atoms with E-state index in [0.29, 0.717) is 30.3 Å². The van der Waals surface area contributed by atoms with Crippen molar-refractivity contribution in [3.8, 4) is 11.4 Å². The highest BCUT2D eigenvalue weighted by Crippen LogP contribution is 2.40. The predicted octanol–water partition coefficient (Wildman–Crippen LogP) is 4.56. The molecule has 29 heavy (non-hydrogen) atoms. The van der Waals surface area contributed by atoms with E-state index in [1.54, 1.807) is 21.7 Å². The van der Waals surface area contributed by atoms with Crippen LogP contribution in [0.2, 0.25) is 0 Å². The fraction of sp³-hybridized carbons (Fsp3) is 0.304. The average molecular weight is 393 g/mol. The number of hydrogen-bond donors (Lipinski definition) is 0. The molecule has 6 heteroatoms. The number of carbonyl (C=O) groups is 1. The lowest BCUT2D eigenvalue weighted by atomic mass is 10.1. The molecular weight excluding hydrogens is 369 g/mol. The molecule has 1 aromatic heterocycles. The van der Waals surface area contributed by atoms with Gasteiger partial charge in [-0.05, 0) is 55.7 Å². The van der Waals surface area contributed by atoms with Gasteiger partial charge in [-0.3, -0.25) is 4.79 Å². The summed E-state index contributed by atoms with van der Waals surface area (Å²) in [6.07, 6.45) is 2.23. The fourth-order valence-electron chi connectivity index (χ4n) is 3.41. The summed E-state index contributed by atoms with van der Waals surface area (Å²) in [5, 5.41) is 4.72. The van der Waals surface area contributed by atoms with Crippen LogP contribution in [0.25, 0.3) is 5.69 Å². The van der Waals surface area contributed by atoms with E-state index in [9.17, 15) is 9.18 Å². The molecule has 1 saturated carbocycles. The molecule has 5 nitrogen and oxygen atoms in total. The van der Waals surface area contributed by atoms with Gasteiger partial charge in [0.15, 0.2) is 11.6 Å². The molecule has 0 spiro atoms. The molecule has 0 bridgehead atoms. The highest BCUT2D eigenvalue weighted by Gasteiger charge is 2.30. The monoisotopic (exact) mass is 393 g/mol. The van der Waals surface area contributed by atoms with Gasteiger partial charge in [0.1, 0.15) is 5.69 Å². The zero-order chi connectivity index (χ0) is 20.4. The summed E-state index contributed by atoms with van der Waals surface area (Å²) in [6, 6.07) is 16.4. The molecule has 0 atom stereocenters. The van der Waals surface area contributed by atoms with E-state index in [2.05, 4.69) is 0 Å². The normalized spacial score (nSPS) is 13.3. The van der Waals surface area contributed by atoms with E-state index in [-0.39, 0.29) is 11.7 Å². The minimum atomic E-state index is -0.432. The number of para-hydroxylation sites is 1. The highest BCUT2D eigenvalue weighted by molar-refractivity contribution is 5.93. The molecule has 4 rings (SSSR count). The SMILES string of the molecule is CCN(Cc1ccc(OC)c(F)c1)C(=O)c1cc(C2CC2)nn1-c1ccccc1. The minimum absolute atomic E-state index is 0.119. The second-order valence-electron chi connectivity index (χ2n) is 7.26. The van der Waals surface area contributed by atoms with Gasteiger partial charge in [0.2, 0.25) is 0 Å². The van der Waals surface area contributed by atoms with Crippen LogP contribution >= 0.6 is 0 Å². The lowest BCUT2D eigenvalue weighted by Crippen LogP contribution is -2.32. The van der Waals surface area contributed by atoms with E-state index in [1.165, 1.54) is 13.2 Å². The fourth-order valence-corrected chi connectivity index (χ4v) is 3.41. The van der Waals surface area contributed by atoms with Crippen molar-refractivity contribution in [3.63, 3.8) is 0 Å². The van der Waals surface area contributed by atoms with Crippen molar-refractivity contribution in [2.75, 3.05) is 13.7 Å². The Hall–Kier alpha value is -3.15. The summed E-state index contributed by atoms with van der Waals surface area (Å²) in [5.41, 5.74) is 3.07. The maximum absolute atomic E-state index is 14.1. The number of ether oxygens (including phenoxy) is 1. The number of methoxy groups -OCH3 is 1. The Balaban J connectivity index is 1.64. The van der Waals surface area contributed by atoms with Crippen LogP contribution in [-0.2, 0) is 6.54 Å². The maximum atomic E-state index is 14.1. The molecule has 1 aliphatic carbocycles. The molecule has 2 aromatic carbocycles. The van der Waals surface area contributed by atoms with E-state index in [1.807, 2.05) is 43.3 Å². The molecule has 0 unspecified atom stereocenters. The number of hydrogen-bond acceptors (Lipinski definition) is 3. The third-order valence-electron chi connectivity index (χ3n) is 5.20. The standard InChI is InChI=1S/C23H24FN3O2/c1-3-26(15-16-9-12-22(29-2)19(24)13-16)23(28)21-14-20(17-10-11-17)25-27(21)18-7-5-4-6-8-18/h4-9,12-14,17H,3,10-11,15H2,1-2H3. The Morgan fingerprint density at radius 1 is 1.21 bits per heavy atom. The van der Waals surface area contributed by atoms with Crippen LogP contribution in [0.15, 0.2) is 54.6 Å². The molecule has 3 aromatic rings. The van der Waals surface area contributed by atoms with Crippen molar-refractivity contribution < 1.29 is 13.9 Å². The molecule has 150 valence electrons. The summed E-state index contributed by atoms with van der Waals surface area (Å²) >= 11 is 0. The average Bonchev–Trinajstić information content (AvgIpc) is 3.50. The van der Waals surface area contributed by atoms with Crippen molar-refractivity contribution >= 4 is 5.91 Å². The smallest absolute Gasteiger partial charge is 0.272 e. The summed E-state index contributed by atoms with van der Waals surface area (Å²) in [7, 11) is 1.43. The maximum Gasteiger partial charge on any atom is 0.272 e. The van der Waals surface area contributed by atoms with Crippen molar-refractivity contribution in [1.29, 1.82) is 0 Å². The van der Waals surface area contributed by atoms with Crippen LogP contribution in [0.3, 0.4) is 0 Å². The van der Waals surface area contributed by atoms with Gasteiger partial charge in [0.25, 0.3) is 5.91 Å². The van der Waals surface area contributed by atoms with E-state index in [0.717, 1.165) is 24.2 Å². The first-order chi connectivity index (χ1) is 14.1. The first kappa shape index (κ1) is 19.2. The Labute approximate surface area is 169 Å². The highest BCUT2D eigenvalue weighted by atomic mass is 19.1. The first-order valence-corrected chi connectivity index (χ1v) is 9.87. The lowest BCUT2D eigenvalue weighted by Gasteiger charge is -2.21. The summed E-state index contributed by atoms with van der Waals surface area (Å²) in [5.74, 6) is 0.0856. The van der Waals surface area contributed by atoms with Crippen molar-refractivity contribution in [2.24, 2.45) is 0 Å². The van der Waals surface area contributed by atoms with Gasteiger partial charge in [-0.1, -0.05) is 24.3 Å². The minimum Gasteiger partial charge on any atom is -0.494 e. The predicted molar refractivity (Wildman–Crippen MR) is 109 cm³/mol. The van der Waals surface area contributed by atoms with Gasteiger partial charge >= 0.3 is 0 Å². The number of halogens is 1. The number of benzene rings is 2. The quantitative estimate of drug-likeness (QED) is 0.591. The van der Waals surface area contributed by atoms with Crippen molar-refractivity contribution in [3.05, 3.63) is 77.4 Å². The second-order valence-corrected chi connectivity index (χ2v) is 7.26. The van der Waals surface area contributed by atoms with Gasteiger partial charge in [0.05, 0.1) is 18.5 Å². The number of nitrogens with zero attached hydrogens (tertiary/aromatic N) is 3. The molecule has 1 aliphatic rings. The summed E-state index contributed by atoms with van der Waals surface area (Å²) in [6.45, 7) is 2.74. The van der Waals surface area contributed by atoms with Crippen LogP contribution in [0.1, 0.15) is 47.4 Å². The van der Waals surface area contributed by atoms with Gasteiger partial charge in [-0.2, -0.15) is 5.10 Å². The Morgan fingerprint density at radius 3 is 2.59 bits per heavy atom. The van der Waals surface area contributed by atoms with Crippen LogP contribution in [0, 0.1) is 5.82 Å². The third kappa shape index (κ3) is 4.01. The topological polar surface area (TPSA) is 47.4 Å². The number of aromatic nitrogens is 2. The molecule has 0 N–H and O–H groups in total. The molecule has 0 saturated heterocycles. The van der Waals surface area contributed by atoms with Crippen LogP contribution in [0.5, 0.6) is 5.75 Å². The molecule has 0 radical (unpaired) electrons. The second kappa shape index (κ2) is 8.07. The third-order valence-corrected chi connectivity index (χ3v) is 5.20. The molecule has 1 heterocycles. The van der Waals surface area contributed by atoms with Gasteiger partial charge in [0, 0.05) is 19.0 Å². The van der Waals surface area contributed by atoms with Crippen molar-refractivity contribution in [2.45, 2.75) is 32.2 Å². The van der Waals surface area contributed by atoms with Crippen LogP contribution in [0.4, 0.5) is 4.39 Å². The van der Waals surface area contributed by atoms with Crippen LogP contribution in [-0.4, -0.2) is 34.2 Å². The van der Waals surface area contributed by atoms with Crippen LogP contribution < -0.4 is 4.74 Å². The number of amides is 1. The zero-order valence-corrected chi connectivity index (χ0v) is 16.6. The molecule has 1 fully saturated rings. The molecule has 1 amide bonds. The largest absolute Gasteiger partial charge is 0.494 e.